The molecule has 0 bridgehead atoms. The molecule has 2 amide bonds. The van der Waals surface area contributed by atoms with Crippen molar-refractivity contribution in [3.63, 3.8) is 0 Å². The van der Waals surface area contributed by atoms with Gasteiger partial charge >= 0.3 is 0 Å². The van der Waals surface area contributed by atoms with E-state index in [2.05, 4.69) is 16.7 Å². The van der Waals surface area contributed by atoms with Crippen LogP contribution in [-0.2, 0) is 17.6 Å². The Labute approximate surface area is 173 Å². The van der Waals surface area contributed by atoms with Gasteiger partial charge in [0.1, 0.15) is 11.1 Å². The van der Waals surface area contributed by atoms with E-state index < -0.39 is 0 Å². The van der Waals surface area contributed by atoms with Gasteiger partial charge in [-0.15, -0.1) is 23.1 Å². The average molecular weight is 414 g/mol. The number of hydrogen-bond acceptors (Lipinski definition) is 5. The summed E-state index contributed by atoms with van der Waals surface area (Å²) in [6.07, 6.45) is 4.09. The van der Waals surface area contributed by atoms with E-state index in [1.807, 2.05) is 26.0 Å². The molecule has 0 atom stereocenters. The SMILES string of the molecule is CC(C)NC(=O)CSc1ccccc1C(=O)Nc1sc2c(c1C#N)CCCC2. The number of thioether (sulfide) groups is 1. The first kappa shape index (κ1) is 20.4. The molecule has 0 unspecified atom stereocenters. The van der Waals surface area contributed by atoms with Gasteiger partial charge in [-0.05, 0) is 57.2 Å². The van der Waals surface area contributed by atoms with Crippen molar-refractivity contribution in [2.45, 2.75) is 50.5 Å². The van der Waals surface area contributed by atoms with Gasteiger partial charge in [-0.25, -0.2) is 0 Å². The number of nitrogens with one attached hydrogen (secondary N) is 2. The summed E-state index contributed by atoms with van der Waals surface area (Å²) in [6, 6.07) is 9.60. The fourth-order valence-electron chi connectivity index (χ4n) is 3.23. The first-order valence-corrected chi connectivity index (χ1v) is 11.2. The number of thiophene rings is 1. The predicted octanol–water partition coefficient (Wildman–Crippen LogP) is 4.37. The number of nitriles is 1. The van der Waals surface area contributed by atoms with E-state index in [0.717, 1.165) is 36.1 Å². The molecule has 28 heavy (non-hydrogen) atoms. The fraction of sp³-hybridized carbons (Fsp3) is 0.381. The Bertz CT molecular complexity index is 928. The topological polar surface area (TPSA) is 82.0 Å². The van der Waals surface area contributed by atoms with Crippen LogP contribution in [0.15, 0.2) is 29.2 Å². The smallest absolute Gasteiger partial charge is 0.257 e. The zero-order valence-corrected chi connectivity index (χ0v) is 17.6. The molecule has 1 aliphatic carbocycles. The Balaban J connectivity index is 1.76. The van der Waals surface area contributed by atoms with Gasteiger partial charge in [0.25, 0.3) is 5.91 Å². The average Bonchev–Trinajstić information content (AvgIpc) is 3.02. The van der Waals surface area contributed by atoms with Crippen molar-refractivity contribution in [3.8, 4) is 6.07 Å². The maximum absolute atomic E-state index is 12.9. The van der Waals surface area contributed by atoms with E-state index in [9.17, 15) is 14.9 Å². The highest BCUT2D eigenvalue weighted by Crippen LogP contribution is 2.38. The van der Waals surface area contributed by atoms with Gasteiger partial charge in [-0.2, -0.15) is 5.26 Å². The summed E-state index contributed by atoms with van der Waals surface area (Å²) in [7, 11) is 0. The fourth-order valence-corrected chi connectivity index (χ4v) is 5.33. The quantitative estimate of drug-likeness (QED) is 0.689. The Morgan fingerprint density at radius 2 is 2.00 bits per heavy atom. The summed E-state index contributed by atoms with van der Waals surface area (Å²) in [5, 5.41) is 16.0. The molecule has 2 aromatic rings. The lowest BCUT2D eigenvalue weighted by atomic mass is 9.96. The molecule has 0 saturated carbocycles. The molecule has 0 radical (unpaired) electrons. The van der Waals surface area contributed by atoms with Crippen molar-refractivity contribution in [1.29, 1.82) is 5.26 Å². The number of nitrogens with zero attached hydrogens (tertiary/aromatic N) is 1. The van der Waals surface area contributed by atoms with Gasteiger partial charge in [0.05, 0.1) is 16.9 Å². The highest BCUT2D eigenvalue weighted by Gasteiger charge is 2.23. The minimum absolute atomic E-state index is 0.0621. The number of carbonyl (C=O) groups is 2. The summed E-state index contributed by atoms with van der Waals surface area (Å²) >= 11 is 2.85. The largest absolute Gasteiger partial charge is 0.353 e. The monoisotopic (exact) mass is 413 g/mol. The van der Waals surface area contributed by atoms with Crippen molar-refractivity contribution < 1.29 is 9.59 Å². The Morgan fingerprint density at radius 3 is 2.75 bits per heavy atom. The van der Waals surface area contributed by atoms with Crippen LogP contribution in [0.4, 0.5) is 5.00 Å². The van der Waals surface area contributed by atoms with Crippen LogP contribution in [0.3, 0.4) is 0 Å². The van der Waals surface area contributed by atoms with Crippen molar-refractivity contribution in [3.05, 3.63) is 45.8 Å². The molecule has 1 aromatic heterocycles. The van der Waals surface area contributed by atoms with Crippen LogP contribution in [0.25, 0.3) is 0 Å². The third-order valence-corrected chi connectivity index (χ3v) is 6.73. The summed E-state index contributed by atoms with van der Waals surface area (Å²) < 4.78 is 0. The molecular weight excluding hydrogens is 390 g/mol. The second kappa shape index (κ2) is 9.26. The highest BCUT2D eigenvalue weighted by atomic mass is 32.2. The van der Waals surface area contributed by atoms with Crippen LogP contribution in [0.2, 0.25) is 0 Å². The second-order valence-corrected chi connectivity index (χ2v) is 9.11. The number of rotatable bonds is 6. The second-order valence-electron chi connectivity index (χ2n) is 6.99. The summed E-state index contributed by atoms with van der Waals surface area (Å²) in [4.78, 5) is 26.8. The van der Waals surface area contributed by atoms with Gasteiger partial charge in [-0.3, -0.25) is 9.59 Å². The van der Waals surface area contributed by atoms with E-state index >= 15 is 0 Å². The van der Waals surface area contributed by atoms with Crippen molar-refractivity contribution in [1.82, 2.24) is 5.32 Å². The van der Waals surface area contributed by atoms with E-state index in [-0.39, 0.29) is 23.6 Å². The third kappa shape index (κ3) is 4.75. The predicted molar refractivity (Wildman–Crippen MR) is 114 cm³/mol. The standard InChI is InChI=1S/C21H23N3O2S2/c1-13(2)23-19(25)12-27-17-9-5-4-8-15(17)20(26)24-21-16(11-22)14-7-3-6-10-18(14)28-21/h4-5,8-9,13H,3,6-7,10,12H2,1-2H3,(H,23,25)(H,24,26). The zero-order valence-electron chi connectivity index (χ0n) is 16.0. The first-order valence-electron chi connectivity index (χ1n) is 9.36. The van der Waals surface area contributed by atoms with E-state index in [1.54, 1.807) is 12.1 Å². The van der Waals surface area contributed by atoms with E-state index in [1.165, 1.54) is 28.0 Å². The maximum atomic E-state index is 12.9. The molecule has 3 rings (SSSR count). The number of carbonyl (C=O) groups excluding carboxylic acids is 2. The molecule has 0 fully saturated rings. The molecular formula is C21H23N3O2S2. The minimum Gasteiger partial charge on any atom is -0.353 e. The lowest BCUT2D eigenvalue weighted by Gasteiger charge is -2.11. The molecule has 7 heteroatoms. The molecule has 146 valence electrons. The molecule has 1 aromatic carbocycles. The Kier molecular flexibility index (Phi) is 6.76. The molecule has 1 heterocycles. The minimum atomic E-state index is -0.248. The molecule has 0 saturated heterocycles. The Morgan fingerprint density at radius 1 is 1.25 bits per heavy atom. The maximum Gasteiger partial charge on any atom is 0.257 e. The molecule has 0 aliphatic heterocycles. The van der Waals surface area contributed by atoms with Gasteiger partial charge < -0.3 is 10.6 Å². The van der Waals surface area contributed by atoms with Crippen molar-refractivity contribution >= 4 is 39.9 Å². The number of benzene rings is 1. The van der Waals surface area contributed by atoms with Gasteiger partial charge in [0, 0.05) is 15.8 Å². The number of amides is 2. The highest BCUT2D eigenvalue weighted by molar-refractivity contribution is 8.00. The van der Waals surface area contributed by atoms with E-state index in [0.29, 0.717) is 16.1 Å². The van der Waals surface area contributed by atoms with Crippen LogP contribution >= 0.6 is 23.1 Å². The van der Waals surface area contributed by atoms with Gasteiger partial charge in [-0.1, -0.05) is 12.1 Å². The first-order chi connectivity index (χ1) is 13.5. The molecule has 2 N–H and O–H groups in total. The van der Waals surface area contributed by atoms with Crippen LogP contribution in [0.1, 0.15) is 53.1 Å². The number of anilines is 1. The van der Waals surface area contributed by atoms with Crippen LogP contribution in [0.5, 0.6) is 0 Å². The van der Waals surface area contributed by atoms with E-state index in [4.69, 9.17) is 0 Å². The Hall–Kier alpha value is -2.30. The summed E-state index contributed by atoms with van der Waals surface area (Å²) in [6.45, 7) is 3.83. The lowest BCUT2D eigenvalue weighted by molar-refractivity contribution is -0.119. The summed E-state index contributed by atoms with van der Waals surface area (Å²) in [5.74, 6) is -0.0606. The molecule has 5 nitrogen and oxygen atoms in total. The van der Waals surface area contributed by atoms with Gasteiger partial charge in [0.2, 0.25) is 5.91 Å². The van der Waals surface area contributed by atoms with Gasteiger partial charge in [0.15, 0.2) is 0 Å². The lowest BCUT2D eigenvalue weighted by Crippen LogP contribution is -2.31. The van der Waals surface area contributed by atoms with Crippen LogP contribution < -0.4 is 10.6 Å². The summed E-state index contributed by atoms with van der Waals surface area (Å²) in [5.41, 5.74) is 2.22. The number of fused-ring (bicyclic) bond motifs is 1. The molecule has 0 spiro atoms. The van der Waals surface area contributed by atoms with Crippen LogP contribution in [-0.4, -0.2) is 23.6 Å². The van der Waals surface area contributed by atoms with Crippen molar-refractivity contribution in [2.24, 2.45) is 0 Å². The normalized spacial score (nSPS) is 12.9. The number of aryl methyl sites for hydroxylation is 1. The third-order valence-electron chi connectivity index (χ3n) is 4.45. The molecule has 1 aliphatic rings. The van der Waals surface area contributed by atoms with Crippen molar-refractivity contribution in [2.75, 3.05) is 11.1 Å². The van der Waals surface area contributed by atoms with Crippen LogP contribution in [0, 0.1) is 11.3 Å². The number of hydrogen-bond donors (Lipinski definition) is 2. The zero-order chi connectivity index (χ0) is 20.1.